The SMILES string of the molecule is Cc1cc(C(CN)NC(C)c2ccccc2)ccc1Br. The molecule has 0 aliphatic carbocycles. The van der Waals surface area contributed by atoms with Crippen molar-refractivity contribution >= 4 is 15.9 Å². The van der Waals surface area contributed by atoms with Crippen LogP contribution < -0.4 is 11.1 Å². The number of nitrogens with two attached hydrogens (primary N) is 1. The van der Waals surface area contributed by atoms with E-state index in [0.717, 1.165) is 4.47 Å². The Bertz CT molecular complexity index is 554. The van der Waals surface area contributed by atoms with Crippen molar-refractivity contribution in [1.82, 2.24) is 5.32 Å². The van der Waals surface area contributed by atoms with Gasteiger partial charge in [0.05, 0.1) is 0 Å². The molecule has 0 fully saturated rings. The van der Waals surface area contributed by atoms with Gasteiger partial charge in [-0.3, -0.25) is 0 Å². The molecule has 0 saturated carbocycles. The third-order valence-corrected chi connectivity index (χ3v) is 4.46. The van der Waals surface area contributed by atoms with E-state index < -0.39 is 0 Å². The summed E-state index contributed by atoms with van der Waals surface area (Å²) in [5.41, 5.74) is 9.69. The zero-order valence-electron chi connectivity index (χ0n) is 11.9. The molecule has 3 N–H and O–H groups in total. The fourth-order valence-corrected chi connectivity index (χ4v) is 2.57. The van der Waals surface area contributed by atoms with Gasteiger partial charge >= 0.3 is 0 Å². The van der Waals surface area contributed by atoms with Gasteiger partial charge in [-0.2, -0.15) is 0 Å². The number of nitrogens with one attached hydrogen (secondary N) is 1. The van der Waals surface area contributed by atoms with Crippen LogP contribution in [0, 0.1) is 6.92 Å². The van der Waals surface area contributed by atoms with Crippen LogP contribution in [-0.4, -0.2) is 6.54 Å². The minimum atomic E-state index is 0.164. The summed E-state index contributed by atoms with van der Waals surface area (Å²) in [6, 6.07) is 17.3. The fourth-order valence-electron chi connectivity index (χ4n) is 2.32. The molecule has 2 aromatic carbocycles. The molecule has 0 aromatic heterocycles. The van der Waals surface area contributed by atoms with Crippen molar-refractivity contribution in [2.45, 2.75) is 25.9 Å². The second-order valence-corrected chi connectivity index (χ2v) is 5.95. The molecule has 2 unspecified atom stereocenters. The van der Waals surface area contributed by atoms with E-state index in [0.29, 0.717) is 6.54 Å². The minimum Gasteiger partial charge on any atom is -0.329 e. The lowest BCUT2D eigenvalue weighted by molar-refractivity contribution is 0.473. The number of aryl methyl sites for hydroxylation is 1. The first-order chi connectivity index (χ1) is 9.61. The molecule has 3 heteroatoms. The van der Waals surface area contributed by atoms with Crippen molar-refractivity contribution in [3.63, 3.8) is 0 Å². The average molecular weight is 333 g/mol. The first kappa shape index (κ1) is 15.2. The van der Waals surface area contributed by atoms with Crippen LogP contribution in [0.15, 0.2) is 53.0 Å². The molecule has 106 valence electrons. The third kappa shape index (κ3) is 3.69. The van der Waals surface area contributed by atoms with Gasteiger partial charge in [-0.25, -0.2) is 0 Å². The summed E-state index contributed by atoms with van der Waals surface area (Å²) < 4.78 is 1.13. The molecule has 0 bridgehead atoms. The molecule has 2 rings (SSSR count). The Morgan fingerprint density at radius 3 is 2.40 bits per heavy atom. The van der Waals surface area contributed by atoms with Gasteiger partial charge in [0.15, 0.2) is 0 Å². The number of hydrogen-bond donors (Lipinski definition) is 2. The van der Waals surface area contributed by atoms with E-state index in [2.05, 4.69) is 77.6 Å². The van der Waals surface area contributed by atoms with Crippen LogP contribution >= 0.6 is 15.9 Å². The largest absolute Gasteiger partial charge is 0.329 e. The van der Waals surface area contributed by atoms with Gasteiger partial charge in [-0.15, -0.1) is 0 Å². The summed E-state index contributed by atoms with van der Waals surface area (Å²) in [6.45, 7) is 4.85. The zero-order valence-corrected chi connectivity index (χ0v) is 13.5. The Morgan fingerprint density at radius 1 is 1.10 bits per heavy atom. The summed E-state index contributed by atoms with van der Waals surface area (Å²) in [5.74, 6) is 0. The Balaban J connectivity index is 2.14. The van der Waals surface area contributed by atoms with E-state index in [9.17, 15) is 0 Å². The topological polar surface area (TPSA) is 38.0 Å². The molecule has 0 radical (unpaired) electrons. The van der Waals surface area contributed by atoms with Crippen LogP contribution in [0.3, 0.4) is 0 Å². The average Bonchev–Trinajstić information content (AvgIpc) is 2.48. The molecule has 0 heterocycles. The first-order valence-electron chi connectivity index (χ1n) is 6.89. The zero-order chi connectivity index (χ0) is 14.5. The summed E-state index contributed by atoms with van der Waals surface area (Å²) in [7, 11) is 0. The van der Waals surface area contributed by atoms with E-state index in [4.69, 9.17) is 5.73 Å². The van der Waals surface area contributed by atoms with Crippen LogP contribution in [0.4, 0.5) is 0 Å². The predicted molar refractivity (Wildman–Crippen MR) is 88.7 cm³/mol. The van der Waals surface area contributed by atoms with E-state index in [1.165, 1.54) is 16.7 Å². The molecule has 0 spiro atoms. The summed E-state index contributed by atoms with van der Waals surface area (Å²) in [4.78, 5) is 0. The van der Waals surface area contributed by atoms with Crippen molar-refractivity contribution in [2.75, 3.05) is 6.54 Å². The lowest BCUT2D eigenvalue weighted by Crippen LogP contribution is -2.30. The van der Waals surface area contributed by atoms with Crippen molar-refractivity contribution in [1.29, 1.82) is 0 Å². The Hall–Kier alpha value is -1.16. The van der Waals surface area contributed by atoms with E-state index in [-0.39, 0.29) is 12.1 Å². The van der Waals surface area contributed by atoms with Gasteiger partial charge in [0.2, 0.25) is 0 Å². The van der Waals surface area contributed by atoms with Gasteiger partial charge in [0.1, 0.15) is 0 Å². The highest BCUT2D eigenvalue weighted by molar-refractivity contribution is 9.10. The lowest BCUT2D eigenvalue weighted by Gasteiger charge is -2.23. The van der Waals surface area contributed by atoms with Gasteiger partial charge in [-0.05, 0) is 36.6 Å². The highest BCUT2D eigenvalue weighted by Crippen LogP contribution is 2.23. The molecule has 2 atom stereocenters. The van der Waals surface area contributed by atoms with Gasteiger partial charge < -0.3 is 11.1 Å². The van der Waals surface area contributed by atoms with Gasteiger partial charge in [-0.1, -0.05) is 58.4 Å². The maximum Gasteiger partial charge on any atom is 0.0449 e. The van der Waals surface area contributed by atoms with Crippen LogP contribution in [0.25, 0.3) is 0 Å². The lowest BCUT2D eigenvalue weighted by atomic mass is 10.0. The maximum atomic E-state index is 5.95. The molecule has 2 aromatic rings. The fraction of sp³-hybridized carbons (Fsp3) is 0.294. The van der Waals surface area contributed by atoms with Crippen molar-refractivity contribution in [3.8, 4) is 0 Å². The van der Waals surface area contributed by atoms with E-state index in [1.807, 2.05) is 6.07 Å². The van der Waals surface area contributed by atoms with E-state index >= 15 is 0 Å². The Kier molecular flexibility index (Phi) is 5.35. The third-order valence-electron chi connectivity index (χ3n) is 3.57. The van der Waals surface area contributed by atoms with Crippen molar-refractivity contribution in [3.05, 3.63) is 69.7 Å². The first-order valence-corrected chi connectivity index (χ1v) is 7.68. The normalized spacial score (nSPS) is 14.0. The molecule has 0 saturated heterocycles. The van der Waals surface area contributed by atoms with Gasteiger partial charge in [0, 0.05) is 23.1 Å². The number of rotatable bonds is 5. The molecule has 0 aliphatic heterocycles. The molecule has 0 amide bonds. The Labute approximate surface area is 129 Å². The van der Waals surface area contributed by atoms with Gasteiger partial charge in [0.25, 0.3) is 0 Å². The standard InChI is InChI=1S/C17H21BrN2/c1-12-10-15(8-9-16(12)18)17(11-19)20-13(2)14-6-4-3-5-7-14/h3-10,13,17,20H,11,19H2,1-2H3. The molecular weight excluding hydrogens is 312 g/mol. The monoisotopic (exact) mass is 332 g/mol. The van der Waals surface area contributed by atoms with Crippen LogP contribution in [-0.2, 0) is 0 Å². The second-order valence-electron chi connectivity index (χ2n) is 5.10. The highest BCUT2D eigenvalue weighted by Gasteiger charge is 2.14. The van der Waals surface area contributed by atoms with Crippen LogP contribution in [0.1, 0.15) is 35.7 Å². The second kappa shape index (κ2) is 7.02. The molecule has 0 aliphatic rings. The van der Waals surface area contributed by atoms with Crippen molar-refractivity contribution < 1.29 is 0 Å². The number of hydrogen-bond acceptors (Lipinski definition) is 2. The van der Waals surface area contributed by atoms with Crippen molar-refractivity contribution in [2.24, 2.45) is 5.73 Å². The predicted octanol–water partition coefficient (Wildman–Crippen LogP) is 4.11. The smallest absolute Gasteiger partial charge is 0.0449 e. The quantitative estimate of drug-likeness (QED) is 0.864. The number of halogens is 1. The summed E-state index contributed by atoms with van der Waals surface area (Å²) in [5, 5.41) is 3.61. The molecule has 2 nitrogen and oxygen atoms in total. The highest BCUT2D eigenvalue weighted by atomic mass is 79.9. The van der Waals surface area contributed by atoms with Crippen LogP contribution in [0.5, 0.6) is 0 Å². The molecule has 20 heavy (non-hydrogen) atoms. The maximum absolute atomic E-state index is 5.95. The Morgan fingerprint density at radius 2 is 1.80 bits per heavy atom. The molecular formula is C17H21BrN2. The summed E-state index contributed by atoms with van der Waals surface area (Å²) in [6.07, 6.45) is 0. The van der Waals surface area contributed by atoms with Crippen LogP contribution in [0.2, 0.25) is 0 Å². The van der Waals surface area contributed by atoms with E-state index in [1.54, 1.807) is 0 Å². The summed E-state index contributed by atoms with van der Waals surface area (Å²) >= 11 is 3.54. The number of benzene rings is 2. The minimum absolute atomic E-state index is 0.164.